The zero-order valence-corrected chi connectivity index (χ0v) is 11.6. The maximum atomic E-state index is 12.9. The minimum Gasteiger partial charge on any atom is -0.382 e. The van der Waals surface area contributed by atoms with Gasteiger partial charge in [0.1, 0.15) is 5.82 Å². The van der Waals surface area contributed by atoms with E-state index < -0.39 is 0 Å². The average Bonchev–Trinajstić information content (AvgIpc) is 2.34. The van der Waals surface area contributed by atoms with Crippen LogP contribution in [-0.4, -0.2) is 33.5 Å². The molecule has 0 saturated carbocycles. The summed E-state index contributed by atoms with van der Waals surface area (Å²) in [5.41, 5.74) is 0.866. The normalized spacial score (nSPS) is 14.5. The number of rotatable bonds is 7. The highest BCUT2D eigenvalue weighted by Crippen LogP contribution is 2.23. The van der Waals surface area contributed by atoms with Gasteiger partial charge in [0.15, 0.2) is 0 Å². The first-order valence-electron chi connectivity index (χ1n) is 5.78. The first-order valence-corrected chi connectivity index (χ1v) is 6.16. The van der Waals surface area contributed by atoms with E-state index in [2.05, 4.69) is 5.32 Å². The van der Waals surface area contributed by atoms with Crippen molar-refractivity contribution >= 4 is 11.6 Å². The molecule has 2 atom stereocenters. The van der Waals surface area contributed by atoms with Gasteiger partial charge in [-0.2, -0.15) is 0 Å². The van der Waals surface area contributed by atoms with Gasteiger partial charge in [-0.3, -0.25) is 0 Å². The van der Waals surface area contributed by atoms with Gasteiger partial charge in [-0.15, -0.1) is 0 Å². The molecule has 2 unspecified atom stereocenters. The maximum absolute atomic E-state index is 12.9. The fourth-order valence-electron chi connectivity index (χ4n) is 1.67. The molecule has 3 nitrogen and oxygen atoms in total. The Morgan fingerprint density at radius 1 is 1.39 bits per heavy atom. The molecule has 5 heteroatoms. The summed E-state index contributed by atoms with van der Waals surface area (Å²) in [5.74, 6) is -0.329. The summed E-state index contributed by atoms with van der Waals surface area (Å²) in [6.07, 6.45) is -0.0170. The number of ether oxygens (including phenoxy) is 2. The van der Waals surface area contributed by atoms with Crippen LogP contribution in [0.25, 0.3) is 0 Å². The van der Waals surface area contributed by atoms with E-state index in [1.807, 2.05) is 6.92 Å². The summed E-state index contributed by atoms with van der Waals surface area (Å²) >= 11 is 6.00. The Morgan fingerprint density at radius 2 is 2.11 bits per heavy atom. The Kier molecular flexibility index (Phi) is 6.57. The number of hydrogen-bond acceptors (Lipinski definition) is 3. The number of methoxy groups -OCH3 is 2. The average molecular weight is 276 g/mol. The monoisotopic (exact) mass is 275 g/mol. The van der Waals surface area contributed by atoms with Crippen molar-refractivity contribution in [2.45, 2.75) is 19.1 Å². The van der Waals surface area contributed by atoms with Gasteiger partial charge in [0.25, 0.3) is 0 Å². The molecule has 0 aliphatic carbocycles. The van der Waals surface area contributed by atoms with Gasteiger partial charge in [-0.25, -0.2) is 4.39 Å². The first-order chi connectivity index (χ1) is 8.58. The van der Waals surface area contributed by atoms with Crippen molar-refractivity contribution < 1.29 is 13.9 Å². The minimum atomic E-state index is -0.329. The maximum Gasteiger partial charge on any atom is 0.124 e. The molecule has 0 fully saturated rings. The van der Waals surface area contributed by atoms with Gasteiger partial charge in [0.2, 0.25) is 0 Å². The van der Waals surface area contributed by atoms with Crippen LogP contribution in [0.2, 0.25) is 5.02 Å². The predicted molar refractivity (Wildman–Crippen MR) is 70.5 cm³/mol. The van der Waals surface area contributed by atoms with Gasteiger partial charge in [-0.05, 0) is 24.6 Å². The Hall–Kier alpha value is -0.680. The second kappa shape index (κ2) is 7.69. The summed E-state index contributed by atoms with van der Waals surface area (Å²) in [4.78, 5) is 0. The topological polar surface area (TPSA) is 30.5 Å². The quantitative estimate of drug-likeness (QED) is 0.830. The van der Waals surface area contributed by atoms with Crippen LogP contribution in [-0.2, 0) is 9.47 Å². The Labute approximate surface area is 112 Å². The molecule has 0 heterocycles. The molecule has 0 aliphatic rings. The molecule has 0 amide bonds. The summed E-state index contributed by atoms with van der Waals surface area (Å²) in [6.45, 7) is 3.13. The van der Waals surface area contributed by atoms with Crippen molar-refractivity contribution in [3.8, 4) is 0 Å². The standard InChI is InChI=1S/C13H19ClFNO2/c1-9(16-7-11(18-3)8-17-2)12-5-4-10(15)6-13(12)14/h4-6,9,11,16H,7-8H2,1-3H3. The van der Waals surface area contributed by atoms with Crippen LogP contribution in [0, 0.1) is 5.82 Å². The molecule has 1 aromatic carbocycles. The number of nitrogens with one attached hydrogen (secondary N) is 1. The van der Waals surface area contributed by atoms with Crippen molar-refractivity contribution in [3.05, 3.63) is 34.6 Å². The number of benzene rings is 1. The second-order valence-corrected chi connectivity index (χ2v) is 4.52. The summed E-state index contributed by atoms with van der Waals surface area (Å²) < 4.78 is 23.2. The van der Waals surface area contributed by atoms with Crippen LogP contribution in [0.4, 0.5) is 4.39 Å². The third-order valence-electron chi connectivity index (χ3n) is 2.77. The number of halogens is 2. The van der Waals surface area contributed by atoms with Gasteiger partial charge < -0.3 is 14.8 Å². The molecule has 0 aromatic heterocycles. The van der Waals surface area contributed by atoms with Crippen LogP contribution in [0.5, 0.6) is 0 Å². The highest BCUT2D eigenvalue weighted by molar-refractivity contribution is 6.31. The van der Waals surface area contributed by atoms with E-state index in [9.17, 15) is 4.39 Å². The van der Waals surface area contributed by atoms with Crippen LogP contribution in [0.15, 0.2) is 18.2 Å². The molecular formula is C13H19ClFNO2. The van der Waals surface area contributed by atoms with Gasteiger partial charge in [0.05, 0.1) is 12.7 Å². The van der Waals surface area contributed by atoms with Gasteiger partial charge >= 0.3 is 0 Å². The molecule has 18 heavy (non-hydrogen) atoms. The highest BCUT2D eigenvalue weighted by Gasteiger charge is 2.13. The van der Waals surface area contributed by atoms with E-state index in [1.165, 1.54) is 12.1 Å². The molecule has 0 spiro atoms. The van der Waals surface area contributed by atoms with Crippen LogP contribution >= 0.6 is 11.6 Å². The third-order valence-corrected chi connectivity index (χ3v) is 3.09. The van der Waals surface area contributed by atoms with Crippen LogP contribution in [0.1, 0.15) is 18.5 Å². The Balaban J connectivity index is 2.56. The molecule has 0 aliphatic heterocycles. The van der Waals surface area contributed by atoms with Crippen molar-refractivity contribution in [2.24, 2.45) is 0 Å². The molecule has 0 saturated heterocycles. The fourth-order valence-corrected chi connectivity index (χ4v) is 2.00. The van der Waals surface area contributed by atoms with Gasteiger partial charge in [-0.1, -0.05) is 17.7 Å². The molecule has 1 aromatic rings. The van der Waals surface area contributed by atoms with E-state index in [-0.39, 0.29) is 18.0 Å². The molecule has 1 N–H and O–H groups in total. The van der Waals surface area contributed by atoms with E-state index in [1.54, 1.807) is 20.3 Å². The lowest BCUT2D eigenvalue weighted by Crippen LogP contribution is -2.33. The minimum absolute atomic E-state index is 0.0170. The van der Waals surface area contributed by atoms with Crippen LogP contribution < -0.4 is 5.32 Å². The van der Waals surface area contributed by atoms with Crippen molar-refractivity contribution in [2.75, 3.05) is 27.4 Å². The smallest absolute Gasteiger partial charge is 0.124 e. The molecular weight excluding hydrogens is 257 g/mol. The SMILES string of the molecule is COCC(CNC(C)c1ccc(F)cc1Cl)OC. The zero-order chi connectivity index (χ0) is 13.5. The molecule has 102 valence electrons. The van der Waals surface area contributed by atoms with E-state index >= 15 is 0 Å². The Bertz CT molecular complexity index is 376. The lowest BCUT2D eigenvalue weighted by molar-refractivity contribution is 0.0276. The Morgan fingerprint density at radius 3 is 2.67 bits per heavy atom. The lowest BCUT2D eigenvalue weighted by atomic mass is 10.1. The third kappa shape index (κ3) is 4.53. The fraction of sp³-hybridized carbons (Fsp3) is 0.538. The lowest BCUT2D eigenvalue weighted by Gasteiger charge is -2.20. The molecule has 0 radical (unpaired) electrons. The molecule has 0 bridgehead atoms. The zero-order valence-electron chi connectivity index (χ0n) is 10.9. The highest BCUT2D eigenvalue weighted by atomic mass is 35.5. The number of hydrogen-bond donors (Lipinski definition) is 1. The van der Waals surface area contributed by atoms with E-state index in [0.29, 0.717) is 18.2 Å². The van der Waals surface area contributed by atoms with Crippen molar-refractivity contribution in [3.63, 3.8) is 0 Å². The predicted octanol–water partition coefficient (Wildman–Crippen LogP) is 2.79. The van der Waals surface area contributed by atoms with Crippen LogP contribution in [0.3, 0.4) is 0 Å². The summed E-state index contributed by atoms with van der Waals surface area (Å²) in [5, 5.41) is 3.71. The second-order valence-electron chi connectivity index (χ2n) is 4.11. The van der Waals surface area contributed by atoms with E-state index in [4.69, 9.17) is 21.1 Å². The largest absolute Gasteiger partial charge is 0.382 e. The first kappa shape index (κ1) is 15.4. The van der Waals surface area contributed by atoms with Gasteiger partial charge in [0, 0.05) is 31.8 Å². The summed E-state index contributed by atoms with van der Waals surface area (Å²) in [7, 11) is 3.27. The van der Waals surface area contributed by atoms with Crippen molar-refractivity contribution in [1.29, 1.82) is 0 Å². The van der Waals surface area contributed by atoms with Crippen molar-refractivity contribution in [1.82, 2.24) is 5.32 Å². The van der Waals surface area contributed by atoms with E-state index in [0.717, 1.165) is 5.56 Å². The molecule has 1 rings (SSSR count). The summed E-state index contributed by atoms with van der Waals surface area (Å²) in [6, 6.07) is 4.43.